The van der Waals surface area contributed by atoms with E-state index in [1.165, 1.54) is 18.2 Å². The lowest BCUT2D eigenvalue weighted by Gasteiger charge is -2.11. The number of nitrogens with one attached hydrogen (secondary N) is 1. The first-order chi connectivity index (χ1) is 7.63. The summed E-state index contributed by atoms with van der Waals surface area (Å²) in [6, 6.07) is 3.84. The predicted octanol–water partition coefficient (Wildman–Crippen LogP) is 2.58. The zero-order valence-electron chi connectivity index (χ0n) is 8.97. The van der Waals surface area contributed by atoms with Crippen molar-refractivity contribution in [3.63, 3.8) is 0 Å². The molecule has 0 amide bonds. The van der Waals surface area contributed by atoms with Gasteiger partial charge in [-0.1, -0.05) is 6.92 Å². The van der Waals surface area contributed by atoms with Gasteiger partial charge in [0, 0.05) is 12.1 Å². The molecule has 0 atom stereocenters. The van der Waals surface area contributed by atoms with Gasteiger partial charge in [-0.2, -0.15) is 0 Å². The molecule has 90 valence electrons. The quantitative estimate of drug-likeness (QED) is 0.815. The second kappa shape index (κ2) is 6.37. The Labute approximate surface area is 92.4 Å². The number of hydrogen-bond acceptors (Lipinski definition) is 2. The molecule has 0 unspecified atom stereocenters. The first-order valence-electron chi connectivity index (χ1n) is 5.03. The van der Waals surface area contributed by atoms with E-state index >= 15 is 0 Å². The molecule has 2 nitrogen and oxygen atoms in total. The molecule has 16 heavy (non-hydrogen) atoms. The van der Waals surface area contributed by atoms with Crippen LogP contribution in [0.3, 0.4) is 0 Å². The second-order valence-electron chi connectivity index (χ2n) is 3.23. The molecule has 0 saturated carbocycles. The molecule has 0 radical (unpaired) electrons. The van der Waals surface area contributed by atoms with Crippen molar-refractivity contribution < 1.29 is 17.9 Å². The van der Waals surface area contributed by atoms with Crippen LogP contribution in [0.4, 0.5) is 13.2 Å². The van der Waals surface area contributed by atoms with Crippen LogP contribution in [0.25, 0.3) is 0 Å². The summed E-state index contributed by atoms with van der Waals surface area (Å²) in [5.74, 6) is -0.111. The maximum absolute atomic E-state index is 12.9. The van der Waals surface area contributed by atoms with E-state index in [2.05, 4.69) is 5.32 Å². The summed E-state index contributed by atoms with van der Waals surface area (Å²) in [4.78, 5) is 0. The minimum absolute atomic E-state index is 0.294. The van der Waals surface area contributed by atoms with Gasteiger partial charge in [-0.15, -0.1) is 0 Å². The van der Waals surface area contributed by atoms with Gasteiger partial charge in [0.15, 0.2) is 0 Å². The van der Waals surface area contributed by atoms with Gasteiger partial charge in [0.05, 0.1) is 0 Å². The third-order valence-electron chi connectivity index (χ3n) is 1.95. The maximum Gasteiger partial charge on any atom is 0.272 e. The van der Waals surface area contributed by atoms with Gasteiger partial charge in [-0.25, -0.2) is 13.2 Å². The number of rotatable bonds is 6. The number of benzene rings is 1. The normalized spacial score (nSPS) is 10.8. The van der Waals surface area contributed by atoms with Crippen LogP contribution in [-0.4, -0.2) is 19.6 Å². The third-order valence-corrected chi connectivity index (χ3v) is 1.95. The molecule has 1 aromatic rings. The number of ether oxygens (including phenoxy) is 1. The van der Waals surface area contributed by atoms with E-state index < -0.39 is 18.8 Å². The minimum Gasteiger partial charge on any atom is -0.487 e. The minimum atomic E-state index is -2.53. The Morgan fingerprint density at radius 2 is 2.12 bits per heavy atom. The van der Waals surface area contributed by atoms with Crippen molar-refractivity contribution in [1.29, 1.82) is 0 Å². The zero-order chi connectivity index (χ0) is 12.0. The number of alkyl halides is 2. The average Bonchev–Trinajstić information content (AvgIpc) is 2.24. The van der Waals surface area contributed by atoms with Crippen LogP contribution in [-0.2, 0) is 6.54 Å². The first-order valence-corrected chi connectivity index (χ1v) is 5.03. The predicted molar refractivity (Wildman–Crippen MR) is 55.3 cm³/mol. The molecule has 0 aliphatic rings. The summed E-state index contributed by atoms with van der Waals surface area (Å²) in [5.41, 5.74) is 0.544. The molecule has 1 rings (SSSR count). The van der Waals surface area contributed by atoms with Gasteiger partial charge >= 0.3 is 0 Å². The van der Waals surface area contributed by atoms with Crippen molar-refractivity contribution in [3.8, 4) is 5.75 Å². The average molecular weight is 233 g/mol. The van der Waals surface area contributed by atoms with Crippen LogP contribution in [0.5, 0.6) is 5.75 Å². The van der Waals surface area contributed by atoms with E-state index in [1.807, 2.05) is 6.92 Å². The Balaban J connectivity index is 2.72. The van der Waals surface area contributed by atoms with Crippen molar-refractivity contribution in [2.24, 2.45) is 0 Å². The molecule has 0 aliphatic carbocycles. The molecule has 0 heterocycles. The van der Waals surface area contributed by atoms with E-state index in [4.69, 9.17) is 4.74 Å². The molecular weight excluding hydrogens is 219 g/mol. The molecule has 0 bridgehead atoms. The maximum atomic E-state index is 12.9. The summed E-state index contributed by atoms with van der Waals surface area (Å²) in [6.07, 6.45) is -2.53. The highest BCUT2D eigenvalue weighted by molar-refractivity contribution is 5.33. The Hall–Kier alpha value is -1.23. The smallest absolute Gasteiger partial charge is 0.272 e. The van der Waals surface area contributed by atoms with Crippen molar-refractivity contribution in [1.82, 2.24) is 5.32 Å². The molecule has 0 aromatic heterocycles. The fourth-order valence-electron chi connectivity index (χ4n) is 1.24. The Bertz CT molecular complexity index is 331. The number of halogens is 3. The monoisotopic (exact) mass is 233 g/mol. The standard InChI is InChI=1S/C11H14F3NO/c1-2-15-6-8-5-9(12)3-4-10(8)16-7-11(13)14/h3-5,11,15H,2,6-7H2,1H3. The van der Waals surface area contributed by atoms with Crippen LogP contribution in [0.1, 0.15) is 12.5 Å². The van der Waals surface area contributed by atoms with E-state index in [-0.39, 0.29) is 0 Å². The van der Waals surface area contributed by atoms with Crippen molar-refractivity contribution in [2.75, 3.05) is 13.2 Å². The van der Waals surface area contributed by atoms with Gasteiger partial charge in [0.1, 0.15) is 18.2 Å². The largest absolute Gasteiger partial charge is 0.487 e. The highest BCUT2D eigenvalue weighted by Gasteiger charge is 2.08. The molecule has 0 saturated heterocycles. The summed E-state index contributed by atoms with van der Waals surface area (Å²) in [6.45, 7) is 2.33. The SMILES string of the molecule is CCNCc1cc(F)ccc1OCC(F)F. The molecule has 0 spiro atoms. The molecular formula is C11H14F3NO. The van der Waals surface area contributed by atoms with Crippen molar-refractivity contribution in [3.05, 3.63) is 29.6 Å². The lowest BCUT2D eigenvalue weighted by atomic mass is 10.2. The fraction of sp³-hybridized carbons (Fsp3) is 0.455. The summed E-state index contributed by atoms with van der Waals surface area (Å²) >= 11 is 0. The molecule has 0 fully saturated rings. The summed E-state index contributed by atoms with van der Waals surface area (Å²) < 4.78 is 41.8. The molecule has 1 N–H and O–H groups in total. The van der Waals surface area contributed by atoms with Crippen LogP contribution in [0.2, 0.25) is 0 Å². The van der Waals surface area contributed by atoms with E-state index in [9.17, 15) is 13.2 Å². The Kier molecular flexibility index (Phi) is 5.11. The van der Waals surface area contributed by atoms with Crippen LogP contribution in [0, 0.1) is 5.82 Å². The van der Waals surface area contributed by atoms with Crippen LogP contribution >= 0.6 is 0 Å². The highest BCUT2D eigenvalue weighted by atomic mass is 19.3. The van der Waals surface area contributed by atoms with Gasteiger partial charge in [0.2, 0.25) is 0 Å². The van der Waals surface area contributed by atoms with Crippen LogP contribution < -0.4 is 10.1 Å². The van der Waals surface area contributed by atoms with E-state index in [0.717, 1.165) is 0 Å². The highest BCUT2D eigenvalue weighted by Crippen LogP contribution is 2.20. The van der Waals surface area contributed by atoms with Gasteiger partial charge in [-0.3, -0.25) is 0 Å². The molecule has 5 heteroatoms. The lowest BCUT2D eigenvalue weighted by molar-refractivity contribution is 0.0813. The van der Waals surface area contributed by atoms with Gasteiger partial charge in [0.25, 0.3) is 6.43 Å². The van der Waals surface area contributed by atoms with Crippen LogP contribution in [0.15, 0.2) is 18.2 Å². The zero-order valence-corrected chi connectivity index (χ0v) is 8.97. The topological polar surface area (TPSA) is 21.3 Å². The fourth-order valence-corrected chi connectivity index (χ4v) is 1.24. The summed E-state index contributed by atoms with van der Waals surface area (Å²) in [7, 11) is 0. The van der Waals surface area contributed by atoms with Crippen molar-refractivity contribution in [2.45, 2.75) is 19.9 Å². The molecule has 0 aliphatic heterocycles. The lowest BCUT2D eigenvalue weighted by Crippen LogP contribution is -2.14. The Morgan fingerprint density at radius 1 is 1.38 bits per heavy atom. The second-order valence-corrected chi connectivity index (χ2v) is 3.23. The third kappa shape index (κ3) is 4.10. The first kappa shape index (κ1) is 12.8. The van der Waals surface area contributed by atoms with Gasteiger partial charge < -0.3 is 10.1 Å². The van der Waals surface area contributed by atoms with Crippen molar-refractivity contribution >= 4 is 0 Å². The number of hydrogen-bond donors (Lipinski definition) is 1. The van der Waals surface area contributed by atoms with Gasteiger partial charge in [-0.05, 0) is 24.7 Å². The molecule has 1 aromatic carbocycles. The summed E-state index contributed by atoms with van der Waals surface area (Å²) in [5, 5.41) is 2.99. The van der Waals surface area contributed by atoms with E-state index in [0.29, 0.717) is 24.4 Å². The Morgan fingerprint density at radius 3 is 2.75 bits per heavy atom. The van der Waals surface area contributed by atoms with E-state index in [1.54, 1.807) is 0 Å².